The van der Waals surface area contributed by atoms with Crippen molar-refractivity contribution in [2.24, 2.45) is 5.92 Å². The lowest BCUT2D eigenvalue weighted by molar-refractivity contribution is -0.127. The molecule has 4 rings (SSSR count). The van der Waals surface area contributed by atoms with E-state index in [-0.39, 0.29) is 17.9 Å². The Morgan fingerprint density at radius 3 is 2.56 bits per heavy atom. The molecule has 2 aromatic carbocycles. The summed E-state index contributed by atoms with van der Waals surface area (Å²) in [6, 6.07) is 13.8. The largest absolute Gasteiger partial charge is 0.476 e. The van der Waals surface area contributed by atoms with E-state index in [9.17, 15) is 13.2 Å². The first-order valence-corrected chi connectivity index (χ1v) is 14.6. The van der Waals surface area contributed by atoms with Gasteiger partial charge in [-0.2, -0.15) is 0 Å². The first-order valence-electron chi connectivity index (χ1n) is 12.8. The molecule has 0 radical (unpaired) electrons. The molecular formula is C28H39N3O4S. The lowest BCUT2D eigenvalue weighted by Gasteiger charge is -2.35. The average Bonchev–Trinajstić information content (AvgIpc) is 2.80. The summed E-state index contributed by atoms with van der Waals surface area (Å²) in [6.45, 7) is 12.0. The number of carbonyl (C=O) groups is 1. The van der Waals surface area contributed by atoms with E-state index in [4.69, 9.17) is 4.74 Å². The molecule has 36 heavy (non-hydrogen) atoms. The molecular weight excluding hydrogens is 474 g/mol. The molecule has 0 aromatic heterocycles. The third-order valence-electron chi connectivity index (χ3n) is 6.99. The second-order valence-electron chi connectivity index (χ2n) is 11.4. The van der Waals surface area contributed by atoms with Gasteiger partial charge in [-0.15, -0.1) is 0 Å². The minimum atomic E-state index is -3.59. The van der Waals surface area contributed by atoms with Crippen molar-refractivity contribution < 1.29 is 17.9 Å². The van der Waals surface area contributed by atoms with Gasteiger partial charge in [0.25, 0.3) is 5.91 Å². The SMILES string of the molecule is CC1CCCN(Cc2cccc(CNC(=O)C3CN(S(C)(=O)=O)c4cc(C(C)(C)C)ccc4O3)c2)C1. The quantitative estimate of drug-likeness (QED) is 0.630. The molecule has 2 heterocycles. The van der Waals surface area contributed by atoms with E-state index in [0.717, 1.165) is 42.9 Å². The number of ether oxygens (including phenoxy) is 1. The molecule has 2 unspecified atom stereocenters. The van der Waals surface area contributed by atoms with Gasteiger partial charge in [-0.25, -0.2) is 8.42 Å². The summed E-state index contributed by atoms with van der Waals surface area (Å²) < 4.78 is 32.5. The summed E-state index contributed by atoms with van der Waals surface area (Å²) in [4.78, 5) is 15.5. The number of likely N-dealkylation sites (tertiary alicyclic amines) is 1. The van der Waals surface area contributed by atoms with Gasteiger partial charge in [-0.1, -0.05) is 58.0 Å². The van der Waals surface area contributed by atoms with E-state index in [1.54, 1.807) is 6.07 Å². The summed E-state index contributed by atoms with van der Waals surface area (Å²) in [5, 5.41) is 2.95. The topological polar surface area (TPSA) is 79.0 Å². The number of hydrogen-bond acceptors (Lipinski definition) is 5. The Morgan fingerprint density at radius 2 is 1.86 bits per heavy atom. The molecule has 1 N–H and O–H groups in total. The van der Waals surface area contributed by atoms with Crippen LogP contribution in [0.4, 0.5) is 5.69 Å². The van der Waals surface area contributed by atoms with Gasteiger partial charge in [0.1, 0.15) is 5.75 Å². The van der Waals surface area contributed by atoms with Crippen LogP contribution in [0.15, 0.2) is 42.5 Å². The number of rotatable bonds is 6. The molecule has 1 amide bonds. The summed E-state index contributed by atoms with van der Waals surface area (Å²) in [5.74, 6) is 0.801. The molecule has 2 aliphatic heterocycles. The van der Waals surface area contributed by atoms with Gasteiger partial charge < -0.3 is 10.1 Å². The number of benzene rings is 2. The number of nitrogens with zero attached hydrogens (tertiary/aromatic N) is 2. The van der Waals surface area contributed by atoms with Gasteiger partial charge in [0, 0.05) is 19.6 Å². The van der Waals surface area contributed by atoms with Crippen molar-refractivity contribution in [2.45, 2.75) is 65.1 Å². The van der Waals surface area contributed by atoms with Gasteiger partial charge in [0.2, 0.25) is 10.0 Å². The number of piperidine rings is 1. The summed E-state index contributed by atoms with van der Waals surface area (Å²) in [7, 11) is -3.59. The number of hydrogen-bond donors (Lipinski definition) is 1. The first kappa shape index (κ1) is 26.5. The zero-order chi connectivity index (χ0) is 26.1. The van der Waals surface area contributed by atoms with E-state index >= 15 is 0 Å². The van der Waals surface area contributed by atoms with Gasteiger partial charge in [-0.05, 0) is 59.5 Å². The zero-order valence-corrected chi connectivity index (χ0v) is 22.9. The molecule has 2 aliphatic rings. The highest BCUT2D eigenvalue weighted by Gasteiger charge is 2.35. The van der Waals surface area contributed by atoms with E-state index in [0.29, 0.717) is 18.0 Å². The number of nitrogens with one attached hydrogen (secondary N) is 1. The van der Waals surface area contributed by atoms with Crippen LogP contribution in [0, 0.1) is 5.92 Å². The number of fused-ring (bicyclic) bond motifs is 1. The molecule has 2 aromatic rings. The van der Waals surface area contributed by atoms with Crippen molar-refractivity contribution in [1.82, 2.24) is 10.2 Å². The molecule has 0 bridgehead atoms. The van der Waals surface area contributed by atoms with Crippen LogP contribution in [-0.2, 0) is 33.3 Å². The van der Waals surface area contributed by atoms with E-state index in [2.05, 4.69) is 50.0 Å². The predicted octanol–water partition coefficient (Wildman–Crippen LogP) is 4.06. The number of carbonyl (C=O) groups excluding carboxylic acids is 1. The number of anilines is 1. The van der Waals surface area contributed by atoms with E-state index in [1.807, 2.05) is 24.3 Å². The average molecular weight is 514 g/mol. The Hall–Kier alpha value is -2.58. The van der Waals surface area contributed by atoms with E-state index in [1.165, 1.54) is 22.7 Å². The van der Waals surface area contributed by atoms with Crippen LogP contribution in [0.2, 0.25) is 0 Å². The Labute approximate surface area is 215 Å². The molecule has 8 heteroatoms. The molecule has 0 saturated carbocycles. The molecule has 0 spiro atoms. The minimum absolute atomic E-state index is 0.0571. The monoisotopic (exact) mass is 513 g/mol. The predicted molar refractivity (Wildman–Crippen MR) is 144 cm³/mol. The standard InChI is InChI=1S/C28H39N3O4S/c1-20-8-7-13-30(17-20)18-22-10-6-9-21(14-22)16-29-27(32)26-19-31(36(5,33)34)24-15-23(28(2,3)4)11-12-25(24)35-26/h6,9-12,14-15,20,26H,7-8,13,16-19H2,1-5H3,(H,29,32). The van der Waals surface area contributed by atoms with Crippen LogP contribution >= 0.6 is 0 Å². The van der Waals surface area contributed by atoms with Gasteiger partial charge in [0.15, 0.2) is 6.10 Å². The van der Waals surface area contributed by atoms with Crippen molar-refractivity contribution in [3.63, 3.8) is 0 Å². The van der Waals surface area contributed by atoms with Crippen LogP contribution in [-0.4, -0.2) is 51.2 Å². The lowest BCUT2D eigenvalue weighted by atomic mass is 9.86. The molecule has 1 fully saturated rings. The van der Waals surface area contributed by atoms with E-state index < -0.39 is 16.1 Å². The van der Waals surface area contributed by atoms with Crippen molar-refractivity contribution in [3.8, 4) is 5.75 Å². The van der Waals surface area contributed by atoms with Crippen LogP contribution in [0.5, 0.6) is 5.75 Å². The van der Waals surface area contributed by atoms with Crippen molar-refractivity contribution in [2.75, 3.05) is 30.2 Å². The highest BCUT2D eigenvalue weighted by atomic mass is 32.2. The Balaban J connectivity index is 1.43. The molecule has 1 saturated heterocycles. The first-order chi connectivity index (χ1) is 16.9. The molecule has 0 aliphatic carbocycles. The fourth-order valence-corrected chi connectivity index (χ4v) is 5.90. The van der Waals surface area contributed by atoms with Crippen LogP contribution in [0.25, 0.3) is 0 Å². The summed E-state index contributed by atoms with van der Waals surface area (Å²) in [6.07, 6.45) is 2.77. The Kier molecular flexibility index (Phi) is 7.67. The number of amides is 1. The maximum Gasteiger partial charge on any atom is 0.263 e. The highest BCUT2D eigenvalue weighted by molar-refractivity contribution is 7.92. The number of sulfonamides is 1. The third kappa shape index (κ3) is 6.40. The third-order valence-corrected chi connectivity index (χ3v) is 8.14. The van der Waals surface area contributed by atoms with Gasteiger partial charge in [-0.3, -0.25) is 14.0 Å². The summed E-state index contributed by atoms with van der Waals surface area (Å²) in [5.41, 5.74) is 3.58. The van der Waals surface area contributed by atoms with Crippen molar-refractivity contribution in [1.29, 1.82) is 0 Å². The molecule has 2 atom stereocenters. The summed E-state index contributed by atoms with van der Waals surface area (Å²) >= 11 is 0. The van der Waals surface area contributed by atoms with Crippen LogP contribution in [0.1, 0.15) is 57.2 Å². The maximum atomic E-state index is 13.1. The fraction of sp³-hybridized carbons (Fsp3) is 0.536. The molecule has 7 nitrogen and oxygen atoms in total. The Morgan fingerprint density at radius 1 is 1.11 bits per heavy atom. The highest BCUT2D eigenvalue weighted by Crippen LogP contribution is 2.38. The zero-order valence-electron chi connectivity index (χ0n) is 22.1. The van der Waals surface area contributed by atoms with Crippen molar-refractivity contribution >= 4 is 21.6 Å². The normalized spacial score (nSPS) is 21.0. The maximum absolute atomic E-state index is 13.1. The van der Waals surface area contributed by atoms with Crippen molar-refractivity contribution in [3.05, 3.63) is 59.2 Å². The molecule has 196 valence electrons. The van der Waals surface area contributed by atoms with Gasteiger partial charge in [0.05, 0.1) is 18.5 Å². The second kappa shape index (κ2) is 10.4. The van der Waals surface area contributed by atoms with Crippen LogP contribution < -0.4 is 14.4 Å². The lowest BCUT2D eigenvalue weighted by Crippen LogP contribution is -2.50. The minimum Gasteiger partial charge on any atom is -0.476 e. The van der Waals surface area contributed by atoms with Gasteiger partial charge >= 0.3 is 0 Å². The Bertz CT molecular complexity index is 1210. The smallest absolute Gasteiger partial charge is 0.263 e. The fourth-order valence-electron chi connectivity index (χ4n) is 5.00. The second-order valence-corrected chi connectivity index (χ2v) is 13.3. The van der Waals surface area contributed by atoms with Crippen LogP contribution in [0.3, 0.4) is 0 Å².